The lowest BCUT2D eigenvalue weighted by Gasteiger charge is -2.27. The molecule has 0 spiro atoms. The van der Waals surface area contributed by atoms with E-state index in [2.05, 4.69) is 25.4 Å². The summed E-state index contributed by atoms with van der Waals surface area (Å²) < 4.78 is 3.85. The van der Waals surface area contributed by atoms with Crippen LogP contribution < -0.4 is 16.0 Å². The number of carbonyl (C=O) groups excluding carboxylic acids is 2. The molecular formula is C44H49N12O4+. The quantitative estimate of drug-likeness (QED) is 0.0511. The van der Waals surface area contributed by atoms with Gasteiger partial charge in [-0.2, -0.15) is 5.11 Å². The van der Waals surface area contributed by atoms with E-state index in [1.165, 1.54) is 0 Å². The number of aromatic hydroxyl groups is 2. The summed E-state index contributed by atoms with van der Waals surface area (Å²) >= 11 is 0. The number of carbonyl (C=O) groups is 2. The molecule has 1 aliphatic heterocycles. The van der Waals surface area contributed by atoms with E-state index in [9.17, 15) is 19.8 Å². The third-order valence-corrected chi connectivity index (χ3v) is 10.6. The molecule has 7 rings (SSSR count). The second-order valence-electron chi connectivity index (χ2n) is 14.9. The molecule has 0 bridgehead atoms. The molecule has 2 amide bonds. The average molecular weight is 810 g/mol. The van der Waals surface area contributed by atoms with Gasteiger partial charge in [-0.3, -0.25) is 9.59 Å². The van der Waals surface area contributed by atoms with Gasteiger partial charge in [0.1, 0.15) is 17.2 Å². The third kappa shape index (κ3) is 8.82. The zero-order valence-corrected chi connectivity index (χ0v) is 34.1. The van der Waals surface area contributed by atoms with Crippen LogP contribution in [0.25, 0.3) is 21.5 Å². The van der Waals surface area contributed by atoms with Crippen molar-refractivity contribution < 1.29 is 24.4 Å². The van der Waals surface area contributed by atoms with Gasteiger partial charge in [0, 0.05) is 102 Å². The highest BCUT2D eigenvalue weighted by Crippen LogP contribution is 2.35. The number of azo groups is 2. The molecule has 5 aromatic carbocycles. The number of aromatic nitrogens is 2. The Kier molecular flexibility index (Phi) is 11.9. The highest BCUT2D eigenvalue weighted by atomic mass is 16.3. The van der Waals surface area contributed by atoms with Crippen LogP contribution in [0.15, 0.2) is 130 Å². The number of phenolic OH excluding ortho intramolecular Hbond substituents is 2. The molecule has 1 unspecified atom stereocenters. The lowest BCUT2D eigenvalue weighted by atomic mass is 10.1. The monoisotopic (exact) mass is 809 g/mol. The van der Waals surface area contributed by atoms with Crippen molar-refractivity contribution in [3.8, 4) is 11.5 Å². The first kappa shape index (κ1) is 40.7. The summed E-state index contributed by atoms with van der Waals surface area (Å²) in [7, 11) is 7.35. The Morgan fingerprint density at radius 3 is 1.80 bits per heavy atom. The summed E-state index contributed by atoms with van der Waals surface area (Å²) in [6.45, 7) is 2.26. The molecule has 0 saturated carbocycles. The Morgan fingerprint density at radius 2 is 1.23 bits per heavy atom. The largest absolute Gasteiger partial charge is 0.508 e. The highest BCUT2D eigenvalue weighted by Gasteiger charge is 2.24. The predicted molar refractivity (Wildman–Crippen MR) is 231 cm³/mol. The number of amides is 2. The Bertz CT molecular complexity index is 2640. The predicted octanol–water partition coefficient (Wildman–Crippen LogP) is 7.02. The molecule has 6 aromatic rings. The lowest BCUT2D eigenvalue weighted by Crippen LogP contribution is -2.36. The first-order chi connectivity index (χ1) is 28.9. The molecule has 60 heavy (non-hydrogen) atoms. The van der Waals surface area contributed by atoms with Crippen LogP contribution in [0, 0.1) is 0 Å². The highest BCUT2D eigenvalue weighted by molar-refractivity contribution is 6.02. The van der Waals surface area contributed by atoms with Gasteiger partial charge in [-0.1, -0.05) is 5.11 Å². The topological polar surface area (TPSA) is 198 Å². The van der Waals surface area contributed by atoms with Gasteiger partial charge < -0.3 is 41.3 Å². The van der Waals surface area contributed by atoms with E-state index in [0.29, 0.717) is 89.6 Å². The van der Waals surface area contributed by atoms with Gasteiger partial charge in [0.15, 0.2) is 0 Å². The smallest absolute Gasteiger partial charge is 0.421 e. The number of hydrogen-bond acceptors (Lipinski definition) is 12. The molecule has 16 heteroatoms. The van der Waals surface area contributed by atoms with Crippen LogP contribution in [-0.4, -0.2) is 93.3 Å². The Morgan fingerprint density at radius 1 is 0.700 bits per heavy atom. The number of benzene rings is 5. The van der Waals surface area contributed by atoms with Crippen molar-refractivity contribution in [1.82, 2.24) is 24.2 Å². The van der Waals surface area contributed by atoms with E-state index in [1.807, 2.05) is 59.0 Å². The summed E-state index contributed by atoms with van der Waals surface area (Å²) in [6.07, 6.45) is 8.72. The molecule has 308 valence electrons. The fraction of sp³-hybridized carbons (Fsp3) is 0.250. The number of nitrogens with zero attached hydrogens (tertiary/aromatic N) is 10. The minimum absolute atomic E-state index is 0.125. The number of imidazole rings is 1. The Labute approximate surface area is 347 Å². The minimum atomic E-state index is -0.356. The van der Waals surface area contributed by atoms with Crippen LogP contribution in [0.3, 0.4) is 0 Å². The number of fused-ring (bicyclic) bond motifs is 2. The van der Waals surface area contributed by atoms with Gasteiger partial charge >= 0.3 is 5.95 Å². The molecule has 0 aliphatic carbocycles. The molecule has 16 nitrogen and oxygen atoms in total. The molecule has 1 aliphatic rings. The summed E-state index contributed by atoms with van der Waals surface area (Å²) in [5.41, 5.74) is 15.6. The number of nitrogens with two attached hydrogens (primary N) is 2. The average Bonchev–Trinajstić information content (AvgIpc) is 3.79. The Balaban J connectivity index is 0.885. The number of anilines is 2. The molecule has 1 aromatic heterocycles. The first-order valence-electron chi connectivity index (χ1n) is 19.5. The van der Waals surface area contributed by atoms with E-state index in [-0.39, 0.29) is 29.6 Å². The normalized spacial score (nSPS) is 14.0. The van der Waals surface area contributed by atoms with Gasteiger partial charge in [-0.15, -0.1) is 5.11 Å². The van der Waals surface area contributed by atoms with E-state index >= 15 is 0 Å². The van der Waals surface area contributed by atoms with Gasteiger partial charge in [-0.05, 0) is 97.8 Å². The zero-order valence-electron chi connectivity index (χ0n) is 34.1. The van der Waals surface area contributed by atoms with Crippen LogP contribution in [-0.2, 0) is 13.6 Å². The van der Waals surface area contributed by atoms with Crippen molar-refractivity contribution in [2.75, 3.05) is 52.2 Å². The van der Waals surface area contributed by atoms with Crippen molar-refractivity contribution in [2.45, 2.75) is 25.7 Å². The van der Waals surface area contributed by atoms with Crippen LogP contribution in [0.4, 0.5) is 28.7 Å². The lowest BCUT2D eigenvalue weighted by molar-refractivity contribution is -0.657. The maximum absolute atomic E-state index is 13.3. The van der Waals surface area contributed by atoms with Crippen molar-refractivity contribution in [2.24, 2.45) is 27.5 Å². The van der Waals surface area contributed by atoms with Crippen LogP contribution in [0.2, 0.25) is 0 Å². The van der Waals surface area contributed by atoms with Crippen molar-refractivity contribution >= 4 is 62.1 Å². The SMILES string of the molecule is CN(CCCN1C=CN(C)C1N=Nc1ccc(N)c2cc(O)ccc12)C(=O)c1ccc(C(=O)N(C)CCCn2cc[n+](C)c2N=Nc2ccc(N)c3cc(O)ccc23)cc1. The summed E-state index contributed by atoms with van der Waals surface area (Å²) in [5.74, 6) is 0.620. The van der Waals surface area contributed by atoms with Crippen molar-refractivity contribution in [1.29, 1.82) is 0 Å². The molecule has 1 atom stereocenters. The van der Waals surface area contributed by atoms with Gasteiger partial charge in [0.25, 0.3) is 11.8 Å². The second kappa shape index (κ2) is 17.6. The molecule has 0 fully saturated rings. The van der Waals surface area contributed by atoms with Crippen molar-refractivity contribution in [3.05, 3.63) is 121 Å². The minimum Gasteiger partial charge on any atom is -0.508 e. The molecule has 2 heterocycles. The second-order valence-corrected chi connectivity index (χ2v) is 14.9. The van der Waals surface area contributed by atoms with Crippen molar-refractivity contribution in [3.63, 3.8) is 0 Å². The number of phenols is 2. The standard InChI is InChI=1S/C44H48N12O4/c1-51(19-5-21-55-25-23-53(3)43(55)49-47-39-17-15-37(45)35-27-31(57)11-13-33(35)39)41(59)29-7-9-30(10-8-29)42(60)52(2)20-6-22-56-26-24-54(4)44(56)50-48-40-18-16-38(46)36-28-32(58)12-14-34(36)40/h7-18,23-28,43H,5-6,19-22H2,1-4H3,(H5,45,46,47,48,49,57,58,59,60)/p+1. The fourth-order valence-electron chi connectivity index (χ4n) is 7.18. The fourth-order valence-corrected chi connectivity index (χ4v) is 7.18. The van der Waals surface area contributed by atoms with E-state index in [4.69, 9.17) is 11.5 Å². The third-order valence-electron chi connectivity index (χ3n) is 10.6. The number of hydrogen-bond donors (Lipinski definition) is 4. The molecule has 0 radical (unpaired) electrons. The zero-order chi connectivity index (χ0) is 42.5. The van der Waals surface area contributed by atoms with E-state index in [0.717, 1.165) is 10.8 Å². The maximum Gasteiger partial charge on any atom is 0.421 e. The Hall–Kier alpha value is -7.49. The van der Waals surface area contributed by atoms with Gasteiger partial charge in [0.05, 0.1) is 31.7 Å². The van der Waals surface area contributed by atoms with E-state index in [1.54, 1.807) is 103 Å². The number of aryl methyl sites for hydroxylation is 2. The van der Waals surface area contributed by atoms with Gasteiger partial charge in [0.2, 0.25) is 6.29 Å². The summed E-state index contributed by atoms with van der Waals surface area (Å²) in [4.78, 5) is 34.0. The maximum atomic E-state index is 13.3. The number of rotatable bonds is 14. The van der Waals surface area contributed by atoms with Crippen LogP contribution in [0.1, 0.15) is 33.6 Å². The number of nitrogen functional groups attached to an aromatic ring is 2. The van der Waals surface area contributed by atoms with Crippen LogP contribution in [0.5, 0.6) is 11.5 Å². The summed E-state index contributed by atoms with van der Waals surface area (Å²) in [5, 5.41) is 41.0. The molecule has 0 saturated heterocycles. The molecule has 6 N–H and O–H groups in total. The first-order valence-corrected chi connectivity index (χ1v) is 19.5. The van der Waals surface area contributed by atoms with E-state index < -0.39 is 0 Å². The summed E-state index contributed by atoms with van der Waals surface area (Å²) in [6, 6.07) is 23.9. The van der Waals surface area contributed by atoms with Gasteiger partial charge in [-0.25, -0.2) is 9.13 Å². The molecular weight excluding hydrogens is 761 g/mol. The van der Waals surface area contributed by atoms with Crippen LogP contribution >= 0.6 is 0 Å².